The van der Waals surface area contributed by atoms with E-state index in [0.717, 1.165) is 5.52 Å². The smallest absolute Gasteiger partial charge is 0.340 e. The summed E-state index contributed by atoms with van der Waals surface area (Å²) in [6.07, 6.45) is 2.40. The third-order valence-electron chi connectivity index (χ3n) is 2.33. The quantitative estimate of drug-likeness (QED) is 0.583. The summed E-state index contributed by atoms with van der Waals surface area (Å²) in [4.78, 5) is 22.6. The van der Waals surface area contributed by atoms with Gasteiger partial charge in [0.25, 0.3) is 0 Å². The maximum Gasteiger partial charge on any atom is 0.340 e. The summed E-state index contributed by atoms with van der Waals surface area (Å²) in [5.41, 5.74) is 1.43. The van der Waals surface area contributed by atoms with Crippen molar-refractivity contribution in [2.24, 2.45) is 0 Å². The highest BCUT2D eigenvalue weighted by Gasteiger charge is 2.16. The van der Waals surface area contributed by atoms with Crippen molar-refractivity contribution >= 4 is 17.8 Å². The van der Waals surface area contributed by atoms with Crippen LogP contribution in [0.2, 0.25) is 0 Å². The lowest BCUT2D eigenvalue weighted by Crippen LogP contribution is -2.06. The van der Waals surface area contributed by atoms with Crippen molar-refractivity contribution in [1.82, 2.24) is 4.40 Å². The first-order valence-corrected chi connectivity index (χ1v) is 5.00. The van der Waals surface area contributed by atoms with Gasteiger partial charge in [0, 0.05) is 11.7 Å². The molecule has 0 spiro atoms. The molecule has 0 fully saturated rings. The van der Waals surface area contributed by atoms with Crippen molar-refractivity contribution in [2.75, 3.05) is 6.61 Å². The van der Waals surface area contributed by atoms with E-state index in [-0.39, 0.29) is 0 Å². The first-order valence-electron chi connectivity index (χ1n) is 5.00. The SMILES string of the molecule is CCOC(=O)c1cc2ccccn2c1C=O. The standard InChI is InChI=1S/C12H11NO3/c1-2-16-12(15)10-7-9-5-3-4-6-13(9)11(10)8-14/h3-8H,2H2,1H3. The molecule has 0 aliphatic heterocycles. The second-order valence-electron chi connectivity index (χ2n) is 3.28. The molecular formula is C12H11NO3. The number of nitrogens with zero attached hydrogens (tertiary/aromatic N) is 1. The van der Waals surface area contributed by atoms with Gasteiger partial charge in [-0.25, -0.2) is 4.79 Å². The van der Waals surface area contributed by atoms with Crippen molar-refractivity contribution in [3.05, 3.63) is 41.7 Å². The zero-order valence-electron chi connectivity index (χ0n) is 8.84. The molecule has 0 aliphatic carbocycles. The molecular weight excluding hydrogens is 206 g/mol. The van der Waals surface area contributed by atoms with Gasteiger partial charge in [0.1, 0.15) is 5.69 Å². The highest BCUT2D eigenvalue weighted by molar-refractivity contribution is 5.99. The van der Waals surface area contributed by atoms with E-state index in [0.29, 0.717) is 24.2 Å². The van der Waals surface area contributed by atoms with E-state index < -0.39 is 5.97 Å². The lowest BCUT2D eigenvalue weighted by atomic mass is 10.2. The predicted molar refractivity (Wildman–Crippen MR) is 58.7 cm³/mol. The summed E-state index contributed by atoms with van der Waals surface area (Å²) in [5, 5.41) is 0. The van der Waals surface area contributed by atoms with Crippen LogP contribution in [0, 0.1) is 0 Å². The molecule has 16 heavy (non-hydrogen) atoms. The second-order valence-corrected chi connectivity index (χ2v) is 3.28. The number of fused-ring (bicyclic) bond motifs is 1. The fourth-order valence-electron chi connectivity index (χ4n) is 1.64. The average Bonchev–Trinajstić information content (AvgIpc) is 2.67. The van der Waals surface area contributed by atoms with Gasteiger partial charge in [-0.1, -0.05) is 6.07 Å². The number of carbonyl (C=O) groups excluding carboxylic acids is 2. The average molecular weight is 217 g/mol. The normalized spacial score (nSPS) is 10.3. The minimum atomic E-state index is -0.465. The molecule has 0 atom stereocenters. The molecule has 2 heterocycles. The van der Waals surface area contributed by atoms with Gasteiger partial charge in [-0.3, -0.25) is 4.79 Å². The zero-order valence-corrected chi connectivity index (χ0v) is 8.84. The first-order chi connectivity index (χ1) is 7.77. The molecule has 0 saturated heterocycles. The summed E-state index contributed by atoms with van der Waals surface area (Å²) < 4.78 is 6.55. The summed E-state index contributed by atoms with van der Waals surface area (Å²) in [6.45, 7) is 2.03. The van der Waals surface area contributed by atoms with Crippen molar-refractivity contribution in [3.63, 3.8) is 0 Å². The van der Waals surface area contributed by atoms with E-state index in [4.69, 9.17) is 4.74 Å². The Bertz CT molecular complexity index is 542. The topological polar surface area (TPSA) is 47.8 Å². The van der Waals surface area contributed by atoms with Gasteiger partial charge in [-0.2, -0.15) is 0 Å². The molecule has 2 aromatic heterocycles. The number of aromatic nitrogens is 1. The zero-order chi connectivity index (χ0) is 11.5. The molecule has 0 bridgehead atoms. The highest BCUT2D eigenvalue weighted by atomic mass is 16.5. The van der Waals surface area contributed by atoms with Gasteiger partial charge in [-0.05, 0) is 25.1 Å². The Kier molecular flexibility index (Phi) is 2.72. The number of hydrogen-bond acceptors (Lipinski definition) is 3. The van der Waals surface area contributed by atoms with Crippen LogP contribution in [-0.4, -0.2) is 23.3 Å². The molecule has 0 amide bonds. The molecule has 2 rings (SSSR count). The number of pyridine rings is 1. The number of ether oxygens (including phenoxy) is 1. The van der Waals surface area contributed by atoms with E-state index in [2.05, 4.69) is 0 Å². The van der Waals surface area contributed by atoms with Gasteiger partial charge in [0.2, 0.25) is 0 Å². The third-order valence-corrected chi connectivity index (χ3v) is 2.33. The van der Waals surface area contributed by atoms with E-state index in [1.54, 1.807) is 29.7 Å². The first kappa shape index (κ1) is 10.4. The van der Waals surface area contributed by atoms with Crippen LogP contribution in [0.5, 0.6) is 0 Å². The van der Waals surface area contributed by atoms with Gasteiger partial charge in [0.15, 0.2) is 6.29 Å². The summed E-state index contributed by atoms with van der Waals surface area (Å²) in [5.74, 6) is -0.465. The monoisotopic (exact) mass is 217 g/mol. The second kappa shape index (κ2) is 4.18. The third kappa shape index (κ3) is 1.58. The molecule has 0 aromatic carbocycles. The van der Waals surface area contributed by atoms with Crippen LogP contribution in [0.4, 0.5) is 0 Å². The van der Waals surface area contributed by atoms with Crippen LogP contribution >= 0.6 is 0 Å². The fourth-order valence-corrected chi connectivity index (χ4v) is 1.64. The van der Waals surface area contributed by atoms with Crippen LogP contribution in [-0.2, 0) is 4.74 Å². The van der Waals surface area contributed by atoms with E-state index in [1.807, 2.05) is 12.1 Å². The molecule has 0 N–H and O–H groups in total. The Balaban J connectivity index is 2.60. The molecule has 82 valence electrons. The Morgan fingerprint density at radius 2 is 2.31 bits per heavy atom. The van der Waals surface area contributed by atoms with Crippen LogP contribution in [0.1, 0.15) is 27.8 Å². The van der Waals surface area contributed by atoms with Crippen molar-refractivity contribution in [2.45, 2.75) is 6.92 Å². The molecule has 4 heteroatoms. The molecule has 0 saturated carbocycles. The van der Waals surface area contributed by atoms with Crippen LogP contribution in [0.3, 0.4) is 0 Å². The van der Waals surface area contributed by atoms with Crippen molar-refractivity contribution < 1.29 is 14.3 Å². The van der Waals surface area contributed by atoms with Crippen molar-refractivity contribution in [3.8, 4) is 0 Å². The van der Waals surface area contributed by atoms with E-state index >= 15 is 0 Å². The van der Waals surface area contributed by atoms with Crippen LogP contribution < -0.4 is 0 Å². The Hall–Kier alpha value is -2.10. The minimum absolute atomic E-state index is 0.295. The van der Waals surface area contributed by atoms with Crippen molar-refractivity contribution in [1.29, 1.82) is 0 Å². The highest BCUT2D eigenvalue weighted by Crippen LogP contribution is 2.16. The largest absolute Gasteiger partial charge is 0.462 e. The number of aldehydes is 1. The predicted octanol–water partition coefficient (Wildman–Crippen LogP) is 1.93. The minimum Gasteiger partial charge on any atom is -0.462 e. The van der Waals surface area contributed by atoms with Gasteiger partial charge in [0.05, 0.1) is 12.2 Å². The van der Waals surface area contributed by atoms with Gasteiger partial charge in [-0.15, -0.1) is 0 Å². The van der Waals surface area contributed by atoms with E-state index in [1.165, 1.54) is 0 Å². The summed E-state index contributed by atoms with van der Waals surface area (Å²) >= 11 is 0. The molecule has 0 radical (unpaired) electrons. The molecule has 2 aromatic rings. The molecule has 0 aliphatic rings. The lowest BCUT2D eigenvalue weighted by Gasteiger charge is -1.99. The summed E-state index contributed by atoms with van der Waals surface area (Å²) in [7, 11) is 0. The maximum atomic E-state index is 11.6. The van der Waals surface area contributed by atoms with Gasteiger partial charge < -0.3 is 9.14 Å². The van der Waals surface area contributed by atoms with Gasteiger partial charge >= 0.3 is 5.97 Å². The Labute approximate surface area is 92.4 Å². The number of rotatable bonds is 3. The van der Waals surface area contributed by atoms with Crippen LogP contribution in [0.25, 0.3) is 5.52 Å². The summed E-state index contributed by atoms with van der Waals surface area (Å²) in [6, 6.07) is 7.13. The number of hydrogen-bond donors (Lipinski definition) is 0. The number of carbonyl (C=O) groups is 2. The Morgan fingerprint density at radius 3 is 3.00 bits per heavy atom. The lowest BCUT2D eigenvalue weighted by molar-refractivity contribution is 0.0524. The maximum absolute atomic E-state index is 11.6. The molecule has 0 unspecified atom stereocenters. The number of esters is 1. The van der Waals surface area contributed by atoms with E-state index in [9.17, 15) is 9.59 Å². The molecule has 4 nitrogen and oxygen atoms in total. The Morgan fingerprint density at radius 1 is 1.50 bits per heavy atom. The van der Waals surface area contributed by atoms with Crippen LogP contribution in [0.15, 0.2) is 30.5 Å². The fraction of sp³-hybridized carbons (Fsp3) is 0.167.